The van der Waals surface area contributed by atoms with Crippen LogP contribution in [0.1, 0.15) is 33.0 Å². The molecule has 1 aromatic carbocycles. The highest BCUT2D eigenvalue weighted by atomic mass is 19.4. The lowest BCUT2D eigenvalue weighted by molar-refractivity contribution is -0.140. The maximum Gasteiger partial charge on any atom is 0.435 e. The van der Waals surface area contributed by atoms with Gasteiger partial charge in [0.25, 0.3) is 5.91 Å². The van der Waals surface area contributed by atoms with E-state index >= 15 is 0 Å². The first-order valence-corrected chi connectivity index (χ1v) is 11.0. The normalized spacial score (nSPS) is 11.4. The lowest BCUT2D eigenvalue weighted by Gasteiger charge is -2.15. The third-order valence-corrected chi connectivity index (χ3v) is 4.99. The summed E-state index contributed by atoms with van der Waals surface area (Å²) in [5.74, 6) is -2.67. The van der Waals surface area contributed by atoms with Gasteiger partial charge in [0, 0.05) is 29.9 Å². The quantitative estimate of drug-likeness (QED) is 0.237. The van der Waals surface area contributed by atoms with Crippen LogP contribution in [0.15, 0.2) is 42.6 Å². The van der Waals surface area contributed by atoms with Crippen molar-refractivity contribution in [3.63, 3.8) is 0 Å². The van der Waals surface area contributed by atoms with E-state index < -0.39 is 53.1 Å². The van der Waals surface area contributed by atoms with Gasteiger partial charge in [0.1, 0.15) is 11.5 Å². The summed E-state index contributed by atoms with van der Waals surface area (Å²) in [4.78, 5) is 38.1. The summed E-state index contributed by atoms with van der Waals surface area (Å²) >= 11 is 0. The van der Waals surface area contributed by atoms with Crippen molar-refractivity contribution in [2.24, 2.45) is 0 Å². The number of benzene rings is 1. The number of hydrogen-bond acceptors (Lipinski definition) is 8. The smallest absolute Gasteiger partial charge is 0.435 e. The Morgan fingerprint density at radius 3 is 2.38 bits per heavy atom. The molecular weight excluding hydrogens is 496 g/mol. The second-order valence-electron chi connectivity index (χ2n) is 8.16. The van der Waals surface area contributed by atoms with E-state index in [0.29, 0.717) is 6.61 Å². The fraction of sp³-hybridized carbons (Fsp3) is 0.292. The van der Waals surface area contributed by atoms with Crippen LogP contribution in [-0.4, -0.2) is 65.3 Å². The highest BCUT2D eigenvalue weighted by Gasteiger charge is 2.38. The number of nitrogens with two attached hydrogens (primary N) is 1. The molecule has 0 unspecified atom stereocenters. The van der Waals surface area contributed by atoms with Crippen molar-refractivity contribution in [2.45, 2.75) is 12.6 Å². The fourth-order valence-electron chi connectivity index (χ4n) is 3.16. The van der Waals surface area contributed by atoms with Gasteiger partial charge in [-0.3, -0.25) is 9.59 Å². The SMILES string of the molecule is CN(C)CCCOc1ccc(-c2nc(C(=O)NCC(=O)c3ccc(F)cc3)c(N)nc2C(F)(F)F)cn1. The maximum absolute atomic E-state index is 13.7. The predicted molar refractivity (Wildman–Crippen MR) is 126 cm³/mol. The minimum absolute atomic E-state index is 0.0723. The Bertz CT molecular complexity index is 1250. The van der Waals surface area contributed by atoms with E-state index in [1.165, 1.54) is 24.3 Å². The van der Waals surface area contributed by atoms with Gasteiger partial charge < -0.3 is 20.7 Å². The largest absolute Gasteiger partial charge is 0.478 e. The zero-order valence-electron chi connectivity index (χ0n) is 20.0. The van der Waals surface area contributed by atoms with E-state index in [1.54, 1.807) is 0 Å². The molecule has 3 N–H and O–H groups in total. The van der Waals surface area contributed by atoms with Gasteiger partial charge in [0.2, 0.25) is 5.88 Å². The first-order chi connectivity index (χ1) is 17.5. The highest BCUT2D eigenvalue weighted by molar-refractivity contribution is 6.03. The average Bonchev–Trinajstić information content (AvgIpc) is 2.85. The summed E-state index contributed by atoms with van der Waals surface area (Å²) in [6.45, 7) is 0.624. The van der Waals surface area contributed by atoms with Gasteiger partial charge in [-0.25, -0.2) is 19.3 Å². The van der Waals surface area contributed by atoms with Gasteiger partial charge in [-0.15, -0.1) is 0 Å². The number of rotatable bonds is 10. The summed E-state index contributed by atoms with van der Waals surface area (Å²) in [7, 11) is 3.83. The third kappa shape index (κ3) is 7.43. The number of aromatic nitrogens is 3. The number of nitrogens with one attached hydrogen (secondary N) is 1. The number of anilines is 1. The van der Waals surface area contributed by atoms with Crippen molar-refractivity contribution >= 4 is 17.5 Å². The van der Waals surface area contributed by atoms with Gasteiger partial charge >= 0.3 is 6.18 Å². The topological polar surface area (TPSA) is 123 Å². The lowest BCUT2D eigenvalue weighted by Crippen LogP contribution is -2.31. The zero-order chi connectivity index (χ0) is 27.2. The van der Waals surface area contributed by atoms with Gasteiger partial charge in [-0.2, -0.15) is 13.2 Å². The molecule has 0 aliphatic carbocycles. The summed E-state index contributed by atoms with van der Waals surface area (Å²) in [6, 6.07) is 7.31. The molecule has 3 rings (SSSR count). The lowest BCUT2D eigenvalue weighted by atomic mass is 10.1. The van der Waals surface area contributed by atoms with Crippen LogP contribution in [0.25, 0.3) is 11.3 Å². The number of carbonyl (C=O) groups excluding carboxylic acids is 2. The number of halogens is 4. The fourth-order valence-corrected chi connectivity index (χ4v) is 3.16. The summed E-state index contributed by atoms with van der Waals surface area (Å²) in [5, 5.41) is 2.25. The average molecular weight is 520 g/mol. The van der Waals surface area contributed by atoms with E-state index in [1.807, 2.05) is 19.0 Å². The number of amides is 1. The second-order valence-corrected chi connectivity index (χ2v) is 8.16. The van der Waals surface area contributed by atoms with Crippen LogP contribution in [0.3, 0.4) is 0 Å². The molecule has 0 aliphatic rings. The van der Waals surface area contributed by atoms with Crippen molar-refractivity contribution in [3.05, 3.63) is 65.4 Å². The highest BCUT2D eigenvalue weighted by Crippen LogP contribution is 2.35. The second kappa shape index (κ2) is 11.7. The van der Waals surface area contributed by atoms with Crippen molar-refractivity contribution in [1.29, 1.82) is 0 Å². The minimum atomic E-state index is -4.93. The molecule has 9 nitrogen and oxygen atoms in total. The van der Waals surface area contributed by atoms with E-state index in [-0.39, 0.29) is 17.0 Å². The number of Topliss-reactive ketones (excluding diaryl/α,β-unsaturated/α-hetero) is 1. The van der Waals surface area contributed by atoms with Gasteiger partial charge in [0.05, 0.1) is 13.2 Å². The standard InChI is InChI=1S/C24H24F4N6O3/c1-34(2)10-3-11-37-18-9-6-15(12-30-18)19-21(24(26,27)28)33-22(29)20(32-19)23(36)31-13-17(35)14-4-7-16(25)8-5-14/h4-9,12H,3,10-11,13H2,1-2H3,(H2,29,33)(H,31,36). The van der Waals surface area contributed by atoms with E-state index in [0.717, 1.165) is 31.3 Å². The number of ketones is 1. The molecule has 0 saturated heterocycles. The molecule has 2 heterocycles. The summed E-state index contributed by atoms with van der Waals surface area (Å²) in [6.07, 6.45) is -3.08. The van der Waals surface area contributed by atoms with Gasteiger partial charge in [0.15, 0.2) is 23.0 Å². The molecule has 0 bridgehead atoms. The molecule has 37 heavy (non-hydrogen) atoms. The molecule has 1 amide bonds. The van der Waals surface area contributed by atoms with E-state index in [4.69, 9.17) is 10.5 Å². The molecule has 0 aliphatic heterocycles. The molecule has 196 valence electrons. The Hall–Kier alpha value is -4.13. The Balaban J connectivity index is 1.81. The van der Waals surface area contributed by atoms with Gasteiger partial charge in [-0.05, 0) is 50.8 Å². The zero-order valence-corrected chi connectivity index (χ0v) is 20.0. The number of ether oxygens (including phenoxy) is 1. The Morgan fingerprint density at radius 1 is 1.08 bits per heavy atom. The first-order valence-electron chi connectivity index (χ1n) is 11.0. The number of nitrogen functional groups attached to an aromatic ring is 1. The molecule has 0 radical (unpaired) electrons. The minimum Gasteiger partial charge on any atom is -0.478 e. The van der Waals surface area contributed by atoms with Crippen molar-refractivity contribution in [1.82, 2.24) is 25.2 Å². The van der Waals surface area contributed by atoms with Crippen LogP contribution in [-0.2, 0) is 6.18 Å². The number of pyridine rings is 1. The van der Waals surface area contributed by atoms with Crippen molar-refractivity contribution < 1.29 is 31.9 Å². The molecule has 2 aromatic heterocycles. The molecule has 0 fully saturated rings. The Kier molecular flexibility index (Phi) is 8.71. The van der Waals surface area contributed by atoms with Crippen LogP contribution in [0.5, 0.6) is 5.88 Å². The molecule has 0 saturated carbocycles. The number of hydrogen-bond donors (Lipinski definition) is 2. The summed E-state index contributed by atoms with van der Waals surface area (Å²) in [5.41, 5.74) is 3.01. The third-order valence-electron chi connectivity index (χ3n) is 4.99. The number of nitrogens with zero attached hydrogens (tertiary/aromatic N) is 4. The maximum atomic E-state index is 13.7. The van der Waals surface area contributed by atoms with Gasteiger partial charge in [-0.1, -0.05) is 0 Å². The monoisotopic (exact) mass is 520 g/mol. The molecule has 13 heteroatoms. The number of carbonyl (C=O) groups is 2. The van der Waals surface area contributed by atoms with Crippen LogP contribution in [0.4, 0.5) is 23.4 Å². The van der Waals surface area contributed by atoms with Crippen LogP contribution >= 0.6 is 0 Å². The predicted octanol–water partition coefficient (Wildman–Crippen LogP) is 3.22. The van der Waals surface area contributed by atoms with Crippen LogP contribution in [0, 0.1) is 5.82 Å². The van der Waals surface area contributed by atoms with E-state index in [9.17, 15) is 27.2 Å². The number of alkyl halides is 3. The summed E-state index contributed by atoms with van der Waals surface area (Å²) < 4.78 is 59.6. The van der Waals surface area contributed by atoms with E-state index in [2.05, 4.69) is 20.3 Å². The van der Waals surface area contributed by atoms with Crippen LogP contribution in [0.2, 0.25) is 0 Å². The van der Waals surface area contributed by atoms with Crippen molar-refractivity contribution in [3.8, 4) is 17.1 Å². The molecule has 0 spiro atoms. The Labute approximate surface area is 209 Å². The first kappa shape index (κ1) is 27.5. The Morgan fingerprint density at radius 2 is 1.78 bits per heavy atom. The molecular formula is C24H24F4N6O3. The molecule has 0 atom stereocenters. The van der Waals surface area contributed by atoms with Crippen molar-refractivity contribution in [2.75, 3.05) is 39.5 Å². The van der Waals surface area contributed by atoms with Crippen LogP contribution < -0.4 is 15.8 Å². The molecule has 3 aromatic rings.